The SMILES string of the molecule is O=C(C[C@H]1S/C(=N/N=C2CCCCCC2)NC1=O)Nc1ccc(Br)cc1F. The van der Waals surface area contributed by atoms with Gasteiger partial charge < -0.3 is 10.6 Å². The van der Waals surface area contributed by atoms with Crippen molar-refractivity contribution in [2.75, 3.05) is 5.32 Å². The second kappa shape index (κ2) is 9.45. The van der Waals surface area contributed by atoms with Gasteiger partial charge in [0.25, 0.3) is 0 Å². The number of amidine groups is 1. The van der Waals surface area contributed by atoms with E-state index in [1.165, 1.54) is 36.7 Å². The van der Waals surface area contributed by atoms with Crippen molar-refractivity contribution in [1.29, 1.82) is 0 Å². The molecule has 2 aliphatic rings. The van der Waals surface area contributed by atoms with Crippen LogP contribution in [-0.2, 0) is 9.59 Å². The van der Waals surface area contributed by atoms with E-state index in [4.69, 9.17) is 0 Å². The predicted octanol–water partition coefficient (Wildman–Crippen LogP) is 4.21. The highest BCUT2D eigenvalue weighted by Gasteiger charge is 2.32. The number of nitrogens with one attached hydrogen (secondary N) is 2. The van der Waals surface area contributed by atoms with E-state index in [1.54, 1.807) is 6.07 Å². The number of rotatable bonds is 4. The van der Waals surface area contributed by atoms with Crippen molar-refractivity contribution >= 4 is 56.1 Å². The fraction of sp³-hybridized carbons (Fsp3) is 0.444. The molecule has 6 nitrogen and oxygen atoms in total. The number of anilines is 1. The number of hydrogen-bond donors (Lipinski definition) is 2. The van der Waals surface area contributed by atoms with Gasteiger partial charge in [0.2, 0.25) is 11.8 Å². The minimum Gasteiger partial charge on any atom is -0.324 e. The van der Waals surface area contributed by atoms with Crippen molar-refractivity contribution in [2.45, 2.75) is 50.2 Å². The summed E-state index contributed by atoms with van der Waals surface area (Å²) in [7, 11) is 0. The normalized spacial score (nSPS) is 21.7. The molecule has 0 unspecified atom stereocenters. The van der Waals surface area contributed by atoms with Gasteiger partial charge >= 0.3 is 0 Å². The minimum absolute atomic E-state index is 0.0679. The summed E-state index contributed by atoms with van der Waals surface area (Å²) in [5.74, 6) is -1.26. The molecule has 1 aromatic carbocycles. The van der Waals surface area contributed by atoms with E-state index in [0.29, 0.717) is 9.64 Å². The average Bonchev–Trinajstić information content (AvgIpc) is 2.82. The molecule has 2 N–H and O–H groups in total. The first-order valence-corrected chi connectivity index (χ1v) is 10.5. The quantitative estimate of drug-likeness (QED) is 0.527. The summed E-state index contributed by atoms with van der Waals surface area (Å²) >= 11 is 4.34. The summed E-state index contributed by atoms with van der Waals surface area (Å²) in [5.41, 5.74) is 1.14. The van der Waals surface area contributed by atoms with Crippen LogP contribution in [-0.4, -0.2) is 27.9 Å². The number of carbonyl (C=O) groups is 2. The lowest BCUT2D eigenvalue weighted by Gasteiger charge is -2.08. The minimum atomic E-state index is -0.600. The van der Waals surface area contributed by atoms with Crippen LogP contribution < -0.4 is 10.6 Å². The monoisotopic (exact) mass is 454 g/mol. The average molecular weight is 455 g/mol. The Morgan fingerprint density at radius 3 is 2.70 bits per heavy atom. The van der Waals surface area contributed by atoms with Crippen LogP contribution in [0.25, 0.3) is 0 Å². The Balaban J connectivity index is 1.56. The van der Waals surface area contributed by atoms with Crippen molar-refractivity contribution < 1.29 is 14.0 Å². The van der Waals surface area contributed by atoms with Gasteiger partial charge in [-0.15, -0.1) is 5.10 Å². The van der Waals surface area contributed by atoms with Crippen LogP contribution in [0.5, 0.6) is 0 Å². The highest BCUT2D eigenvalue weighted by molar-refractivity contribution is 9.10. The van der Waals surface area contributed by atoms with Gasteiger partial charge in [-0.2, -0.15) is 5.10 Å². The first-order chi connectivity index (χ1) is 13.0. The molecule has 0 bridgehead atoms. The zero-order valence-corrected chi connectivity index (χ0v) is 17.0. The molecule has 2 amide bonds. The van der Waals surface area contributed by atoms with Gasteiger partial charge in [-0.3, -0.25) is 9.59 Å². The Morgan fingerprint density at radius 1 is 1.26 bits per heavy atom. The number of halogens is 2. The summed E-state index contributed by atoms with van der Waals surface area (Å²) in [6.45, 7) is 0. The maximum absolute atomic E-state index is 13.8. The molecule has 0 radical (unpaired) electrons. The van der Waals surface area contributed by atoms with Crippen LogP contribution in [0.15, 0.2) is 32.9 Å². The molecule has 1 aliphatic heterocycles. The molecule has 3 rings (SSSR count). The highest BCUT2D eigenvalue weighted by Crippen LogP contribution is 2.25. The van der Waals surface area contributed by atoms with Crippen LogP contribution in [0.3, 0.4) is 0 Å². The van der Waals surface area contributed by atoms with E-state index in [-0.39, 0.29) is 18.0 Å². The number of amides is 2. The third-order valence-electron chi connectivity index (χ3n) is 4.32. The van der Waals surface area contributed by atoms with Gasteiger partial charge in [-0.05, 0) is 43.9 Å². The molecule has 1 aliphatic carbocycles. The van der Waals surface area contributed by atoms with E-state index in [9.17, 15) is 14.0 Å². The van der Waals surface area contributed by atoms with Gasteiger partial charge in [0.15, 0.2) is 5.17 Å². The van der Waals surface area contributed by atoms with E-state index >= 15 is 0 Å². The molecule has 2 fully saturated rings. The predicted molar refractivity (Wildman–Crippen MR) is 109 cm³/mol. The Morgan fingerprint density at radius 2 is 2.00 bits per heavy atom. The zero-order valence-electron chi connectivity index (χ0n) is 14.6. The molecule has 0 aromatic heterocycles. The zero-order chi connectivity index (χ0) is 19.2. The largest absolute Gasteiger partial charge is 0.324 e. The second-order valence-electron chi connectivity index (χ2n) is 6.46. The Hall–Kier alpha value is -1.74. The third kappa shape index (κ3) is 5.87. The van der Waals surface area contributed by atoms with Crippen molar-refractivity contribution in [3.8, 4) is 0 Å². The number of benzene rings is 1. The highest BCUT2D eigenvalue weighted by atomic mass is 79.9. The lowest BCUT2D eigenvalue weighted by Crippen LogP contribution is -2.28. The Kier molecular flexibility index (Phi) is 7.01. The van der Waals surface area contributed by atoms with E-state index in [2.05, 4.69) is 36.8 Å². The van der Waals surface area contributed by atoms with Gasteiger partial charge in [0.05, 0.1) is 5.69 Å². The fourth-order valence-electron chi connectivity index (χ4n) is 2.90. The van der Waals surface area contributed by atoms with Gasteiger partial charge in [-0.1, -0.05) is 40.5 Å². The molecule has 1 atom stereocenters. The van der Waals surface area contributed by atoms with Gasteiger partial charge in [0.1, 0.15) is 11.1 Å². The first kappa shape index (κ1) is 20.0. The maximum atomic E-state index is 13.8. The van der Waals surface area contributed by atoms with Crippen LogP contribution in [0.4, 0.5) is 10.1 Å². The molecule has 27 heavy (non-hydrogen) atoms. The van der Waals surface area contributed by atoms with Crippen LogP contribution in [0, 0.1) is 5.82 Å². The summed E-state index contributed by atoms with van der Waals surface area (Å²) in [6, 6.07) is 4.37. The summed E-state index contributed by atoms with van der Waals surface area (Å²) in [6.07, 6.45) is 6.51. The van der Waals surface area contributed by atoms with Crippen LogP contribution in [0.2, 0.25) is 0 Å². The molecular weight excluding hydrogens is 435 g/mol. The van der Waals surface area contributed by atoms with Crippen molar-refractivity contribution in [2.24, 2.45) is 10.2 Å². The molecular formula is C18H20BrFN4O2S. The second-order valence-corrected chi connectivity index (χ2v) is 8.56. The van der Waals surface area contributed by atoms with E-state index in [1.807, 2.05) is 0 Å². The lowest BCUT2D eigenvalue weighted by atomic mass is 10.2. The van der Waals surface area contributed by atoms with Gasteiger partial charge in [0, 0.05) is 16.6 Å². The van der Waals surface area contributed by atoms with Gasteiger partial charge in [-0.25, -0.2) is 4.39 Å². The molecule has 0 spiro atoms. The number of nitrogens with zero attached hydrogens (tertiary/aromatic N) is 2. The smallest absolute Gasteiger partial charge is 0.240 e. The van der Waals surface area contributed by atoms with E-state index < -0.39 is 17.0 Å². The van der Waals surface area contributed by atoms with Crippen LogP contribution in [0.1, 0.15) is 44.9 Å². The first-order valence-electron chi connectivity index (χ1n) is 8.87. The third-order valence-corrected chi connectivity index (χ3v) is 5.88. The fourth-order valence-corrected chi connectivity index (χ4v) is 4.15. The topological polar surface area (TPSA) is 82.9 Å². The molecule has 144 valence electrons. The van der Waals surface area contributed by atoms with Crippen LogP contribution >= 0.6 is 27.7 Å². The molecule has 1 saturated carbocycles. The van der Waals surface area contributed by atoms with Crippen molar-refractivity contribution in [1.82, 2.24) is 5.32 Å². The number of thioether (sulfide) groups is 1. The maximum Gasteiger partial charge on any atom is 0.240 e. The summed E-state index contributed by atoms with van der Waals surface area (Å²) in [5, 5.41) is 13.4. The van der Waals surface area contributed by atoms with Crippen molar-refractivity contribution in [3.63, 3.8) is 0 Å². The molecule has 9 heteroatoms. The Bertz CT molecular complexity index is 790. The summed E-state index contributed by atoms with van der Waals surface area (Å²) in [4.78, 5) is 24.2. The molecule has 1 saturated heterocycles. The standard InChI is InChI=1S/C18H20BrFN4O2S/c19-11-7-8-14(13(20)9-11)21-16(25)10-15-17(26)22-18(27-15)24-23-12-5-3-1-2-4-6-12/h7-9,15H,1-6,10H2,(H,21,25)(H,22,24,26)/t15-/m1/s1. The number of hydrogen-bond acceptors (Lipinski definition) is 5. The van der Waals surface area contributed by atoms with E-state index in [0.717, 1.165) is 31.4 Å². The number of carbonyl (C=O) groups excluding carboxylic acids is 2. The summed E-state index contributed by atoms with van der Waals surface area (Å²) < 4.78 is 14.4. The lowest BCUT2D eigenvalue weighted by molar-refractivity contribution is -0.122. The Labute approximate surface area is 169 Å². The molecule has 1 heterocycles. The van der Waals surface area contributed by atoms with Crippen molar-refractivity contribution in [3.05, 3.63) is 28.5 Å². The molecule has 1 aromatic rings.